The summed E-state index contributed by atoms with van der Waals surface area (Å²) < 4.78 is 321. The second kappa shape index (κ2) is 22.0. The predicted molar refractivity (Wildman–Crippen MR) is 456 cm³/mol. The number of aromatic nitrogens is 9. The summed E-state index contributed by atoms with van der Waals surface area (Å²) in [7, 11) is 0. The van der Waals surface area contributed by atoms with Gasteiger partial charge in [0.15, 0.2) is 0 Å². The summed E-state index contributed by atoms with van der Waals surface area (Å²) in [6.07, 6.45) is 0. The molecule has 117 heavy (non-hydrogen) atoms. The van der Waals surface area contributed by atoms with E-state index >= 15 is 0 Å². The van der Waals surface area contributed by atoms with Gasteiger partial charge in [-0.25, -0.2) is 15.0 Å². The minimum absolute atomic E-state index is 0.0162. The first-order valence-corrected chi connectivity index (χ1v) is 36.9. The molecule has 0 amide bonds. The van der Waals surface area contributed by atoms with Crippen LogP contribution >= 0.6 is 0 Å². The van der Waals surface area contributed by atoms with E-state index in [4.69, 9.17) is 86.9 Å². The topological polar surface area (TPSA) is 150 Å². The molecule has 0 saturated heterocycles. The molecule has 9 aliphatic heterocycles. The van der Waals surface area contributed by atoms with Crippen LogP contribution in [0.4, 0.5) is 0 Å². The number of aryl methyl sites for hydroxylation is 1. The van der Waals surface area contributed by atoms with E-state index in [0.29, 0.717) is 84.5 Å². The van der Waals surface area contributed by atoms with Gasteiger partial charge in [-0.3, -0.25) is 26.9 Å². The molecular weight excluding hydrogens is 1460 g/mol. The molecular formula is C96H54B3N9O9. The van der Waals surface area contributed by atoms with Gasteiger partial charge < -0.3 is 42.6 Å². The van der Waals surface area contributed by atoms with Crippen LogP contribution in [0.2, 0.25) is 0 Å². The predicted octanol–water partition coefficient (Wildman–Crippen LogP) is 16.7. The molecule has 0 unspecified atom stereocenters. The number of benzene rings is 15. The summed E-state index contributed by atoms with van der Waals surface area (Å²) >= 11 is 0. The van der Waals surface area contributed by atoms with Crippen molar-refractivity contribution in [3.8, 4) is 121 Å². The Morgan fingerprint density at radius 2 is 0.667 bits per heavy atom. The summed E-state index contributed by atoms with van der Waals surface area (Å²) in [4.78, 5) is 14.3. The van der Waals surface area contributed by atoms with Crippen molar-refractivity contribution in [1.29, 1.82) is 0 Å². The number of fused-ring (bicyclic) bond motifs is 15. The minimum Gasteiger partial charge on any atom is -0.458 e. The van der Waals surface area contributed by atoms with Crippen molar-refractivity contribution in [3.05, 3.63) is 289 Å². The van der Waals surface area contributed by atoms with Gasteiger partial charge in [0.2, 0.25) is 17.3 Å². The lowest BCUT2D eigenvalue weighted by molar-refractivity contribution is 0.440. The lowest BCUT2D eigenvalue weighted by atomic mass is 9.34. The highest BCUT2D eigenvalue weighted by molar-refractivity contribution is 7.01. The number of hydrogen-bond donors (Lipinski definition) is 0. The largest absolute Gasteiger partial charge is 0.458 e. The molecule has 21 aromatic rings. The first kappa shape index (κ1) is 41.3. The van der Waals surface area contributed by atoms with Crippen molar-refractivity contribution in [2.24, 2.45) is 0 Å². The third kappa shape index (κ3) is 8.12. The molecule has 0 fully saturated rings. The Balaban J connectivity index is 0.000000106. The smallest absolute Gasteiger partial charge is 0.270 e. The Kier molecular flexibility index (Phi) is 7.78. The first-order chi connectivity index (χ1) is 69.8. The van der Waals surface area contributed by atoms with Crippen molar-refractivity contribution in [3.63, 3.8) is 0 Å². The standard InChI is InChI=1S/3C32H18BN3O3/c1-17-7-4-10-21-31(17)34-32-35(19-8-2-3-9-20(19)36(21)32)18-15-26-30-27(16-18)39-25-14-6-12-23-29(25)33(30)28-22(37-23)11-5-13-24(28)38-26;1-17-12-13-20-19(14-17)34-32-35(21-6-2-3-7-22(21)36(20)32)18-15-27-31-28(16-18)39-26-11-5-9-24-30(26)33(31)29-23(37-24)8-4-10-25(29)38-27;1-17-13-14-25-30-31(17)39-27-16-18(15-26-29(27)33(30)28-23(37-25)11-6-12-24(28)38-26)35-21-9-4-5-10-22(21)36-20-8-3-2-7-19(20)34-32(35)36/h3*2-16H,1H3/i2D,3D,4D,7D,8D,9D,10D;2D,3D,4D,5D,6D,7D,8D,9D,10D,11D,12D,13D,14D,15D,16D;6D,11D,12D,13D,14D,15D,16D. The van der Waals surface area contributed by atoms with Crippen LogP contribution in [0.5, 0.6) is 103 Å². The fourth-order valence-corrected chi connectivity index (χ4v) is 18.1. The second-order valence-corrected chi connectivity index (χ2v) is 29.1. The average Bonchev–Trinajstić information content (AvgIpc) is 1.26. The first-order valence-electron chi connectivity index (χ1n) is 51.4. The van der Waals surface area contributed by atoms with Crippen LogP contribution in [0.3, 0.4) is 0 Å². The number of hydrogen-bond acceptors (Lipinski definition) is 12. The zero-order valence-corrected chi connectivity index (χ0v) is 60.2. The fraction of sp³-hybridized carbons (Fsp3) is 0.0312. The van der Waals surface area contributed by atoms with E-state index in [1.54, 1.807) is 35.1 Å². The summed E-state index contributed by atoms with van der Waals surface area (Å²) in [6.45, 7) is 2.63. The monoisotopic (exact) mass is 1540 g/mol. The van der Waals surface area contributed by atoms with Crippen molar-refractivity contribution in [1.82, 2.24) is 41.9 Å². The van der Waals surface area contributed by atoms with E-state index in [2.05, 4.69) is 4.98 Å². The molecule has 0 spiro atoms. The number of imidazole rings is 6. The molecule has 6 aromatic heterocycles. The molecule has 15 aromatic carbocycles. The maximum atomic E-state index is 9.63. The number of ether oxygens (including phenoxy) is 9. The van der Waals surface area contributed by atoms with Gasteiger partial charge in [0.05, 0.1) is 123 Å². The number of para-hydroxylation sites is 9. The van der Waals surface area contributed by atoms with Gasteiger partial charge in [0.25, 0.3) is 20.1 Å². The van der Waals surface area contributed by atoms with Crippen molar-refractivity contribution in [2.45, 2.75) is 20.8 Å². The molecule has 0 atom stereocenters. The lowest BCUT2D eigenvalue weighted by Crippen LogP contribution is -2.59. The van der Waals surface area contributed by atoms with Gasteiger partial charge in [0.1, 0.15) is 103 Å². The Labute approximate surface area is 705 Å². The molecule has 21 heteroatoms. The number of rotatable bonds is 3. The molecule has 18 nitrogen and oxygen atoms in total. The Bertz CT molecular complexity index is 9850. The zero-order valence-electron chi connectivity index (χ0n) is 89.2. The van der Waals surface area contributed by atoms with Crippen LogP contribution in [0.25, 0.3) is 101 Å². The van der Waals surface area contributed by atoms with E-state index in [0.717, 1.165) is 37.5 Å². The molecule has 0 bridgehead atoms. The highest BCUT2D eigenvalue weighted by atomic mass is 16.5. The van der Waals surface area contributed by atoms with E-state index in [9.17, 15) is 5.48 Å². The van der Waals surface area contributed by atoms with Crippen LogP contribution in [0.15, 0.2) is 272 Å². The summed E-state index contributed by atoms with van der Waals surface area (Å²) in [5.41, 5.74) is 8.16. The fourth-order valence-electron chi connectivity index (χ4n) is 18.1. The van der Waals surface area contributed by atoms with E-state index in [1.165, 1.54) is 15.7 Å². The third-order valence-corrected chi connectivity index (χ3v) is 22.8. The summed E-state index contributed by atoms with van der Waals surface area (Å²) in [5, 5.41) is 0. The zero-order chi connectivity index (χ0) is 101. The van der Waals surface area contributed by atoms with Gasteiger partial charge in [-0.05, 0) is 171 Å². The Hall–Kier alpha value is -15.5. The van der Waals surface area contributed by atoms with E-state index < -0.39 is 110 Å². The molecule has 9 aliphatic rings. The van der Waals surface area contributed by atoms with Crippen LogP contribution in [-0.4, -0.2) is 62.0 Å². The van der Waals surface area contributed by atoms with E-state index in [1.807, 2.05) is 89.3 Å². The van der Waals surface area contributed by atoms with Gasteiger partial charge in [0, 0.05) is 85.5 Å². The van der Waals surface area contributed by atoms with Gasteiger partial charge in [-0.1, -0.05) is 103 Å². The Morgan fingerprint density at radius 3 is 1.25 bits per heavy atom. The molecule has 546 valence electrons. The molecule has 0 radical (unpaired) electrons. The van der Waals surface area contributed by atoms with Crippen LogP contribution in [-0.2, 0) is 0 Å². The van der Waals surface area contributed by atoms with Crippen molar-refractivity contribution in [2.75, 3.05) is 0 Å². The lowest BCUT2D eigenvalue weighted by Gasteiger charge is -2.38. The quantitative estimate of drug-likeness (QED) is 0.155. The maximum absolute atomic E-state index is 9.63. The van der Waals surface area contributed by atoms with Crippen molar-refractivity contribution >= 4 is 153 Å². The van der Waals surface area contributed by atoms with Gasteiger partial charge in [-0.2, -0.15) is 0 Å². The molecule has 0 aliphatic carbocycles. The SMILES string of the molecule is [2H]c1c([2H])c([2H])c2c(nc3n(-c4cc5c6c(c4)Oc4cccc7c4B6c4c(cccc4O5)O7)c4c([2H])c([2H])c([2H])c([2H])c4n23)c1C.[2H]c1c([2H])c2c3c(c1[2H])Oc1c([2H])c(-n4c5c([2H])c([2H])c([2H])c([2H])c5n5c6c([2H])c([2H])c(C)c([2H])c6nc45)c([2H])c4c1B3c1c(c([2H])c([2H])c([2H])c1O4)O2.[2H]c1c([2H])c2c3c(c1[2H])Oc1c([2H])c([2H])c(C)c4c1B3c1c(c([2H])c(-n3c5ccccc5n5c6ccccc6nc35)c([2H])c1O4)O2. The summed E-state index contributed by atoms with van der Waals surface area (Å²) in [6, 6.07) is 18.7. The normalized spacial score (nSPS) is 17.3. The minimum atomic E-state index is -1.14. The van der Waals surface area contributed by atoms with Gasteiger partial charge in [-0.15, -0.1) is 0 Å². The third-order valence-electron chi connectivity index (χ3n) is 22.8. The number of nitrogens with zero attached hydrogens (tertiary/aromatic N) is 9. The van der Waals surface area contributed by atoms with Crippen molar-refractivity contribution < 1.29 is 82.4 Å². The molecule has 30 rings (SSSR count). The van der Waals surface area contributed by atoms with Crippen LogP contribution in [0.1, 0.15) is 56.4 Å². The molecule has 0 N–H and O–H groups in total. The second-order valence-electron chi connectivity index (χ2n) is 29.1. The maximum Gasteiger partial charge on any atom is 0.270 e. The van der Waals surface area contributed by atoms with E-state index in [-0.39, 0.29) is 238 Å². The highest BCUT2D eigenvalue weighted by Crippen LogP contribution is 2.49. The molecule has 15 heterocycles. The highest BCUT2D eigenvalue weighted by Gasteiger charge is 2.51. The van der Waals surface area contributed by atoms with Crippen LogP contribution in [0, 0.1) is 20.8 Å². The average molecular weight is 1540 g/mol. The Morgan fingerprint density at radius 1 is 0.265 bits per heavy atom. The van der Waals surface area contributed by atoms with Gasteiger partial charge >= 0.3 is 0 Å². The summed E-state index contributed by atoms with van der Waals surface area (Å²) in [5.74, 6) is 2.87. The molecule has 0 saturated carbocycles. The van der Waals surface area contributed by atoms with Crippen LogP contribution < -0.4 is 91.8 Å².